The molecule has 35 heavy (non-hydrogen) atoms. The highest BCUT2D eigenvalue weighted by Gasteiger charge is 2.13. The summed E-state index contributed by atoms with van der Waals surface area (Å²) < 4.78 is 25.4. The van der Waals surface area contributed by atoms with Gasteiger partial charge >= 0.3 is 0 Å². The number of alkyl halides is 1. The van der Waals surface area contributed by atoms with Crippen molar-refractivity contribution < 1.29 is 13.9 Å². The van der Waals surface area contributed by atoms with Crippen LogP contribution in [0.3, 0.4) is 0 Å². The van der Waals surface area contributed by atoms with Gasteiger partial charge in [-0.05, 0) is 43.0 Å². The molecule has 0 N–H and O–H groups in total. The summed E-state index contributed by atoms with van der Waals surface area (Å²) in [6.07, 6.45) is 20.6. The number of halogens is 1. The number of rotatable bonds is 18. The number of nitrogens with zero attached hydrogens (tertiary/aromatic N) is 2. The maximum atomic E-state index is 13.8. The van der Waals surface area contributed by atoms with Gasteiger partial charge in [-0.15, -0.1) is 0 Å². The van der Waals surface area contributed by atoms with Crippen molar-refractivity contribution in [2.24, 2.45) is 5.92 Å². The van der Waals surface area contributed by atoms with E-state index in [2.05, 4.69) is 16.9 Å². The molecule has 1 atom stereocenters. The number of benzene rings is 1. The van der Waals surface area contributed by atoms with Gasteiger partial charge in [-0.2, -0.15) is 0 Å². The van der Waals surface area contributed by atoms with Gasteiger partial charge in [0.05, 0.1) is 25.6 Å². The second-order valence-electron chi connectivity index (χ2n) is 10.1. The zero-order valence-electron chi connectivity index (χ0n) is 21.7. The van der Waals surface area contributed by atoms with Gasteiger partial charge in [0.2, 0.25) is 0 Å². The number of ether oxygens (including phenoxy) is 2. The zero-order chi connectivity index (χ0) is 24.6. The first-order valence-electron chi connectivity index (χ1n) is 14.1. The molecule has 0 saturated heterocycles. The predicted octanol–water partition coefficient (Wildman–Crippen LogP) is 8.74. The number of unbranched alkanes of at least 4 members (excludes halogenated alkanes) is 6. The summed E-state index contributed by atoms with van der Waals surface area (Å²) in [5, 5.41) is 0. The predicted molar refractivity (Wildman–Crippen MR) is 142 cm³/mol. The van der Waals surface area contributed by atoms with Crippen LogP contribution in [0.15, 0.2) is 36.7 Å². The molecular weight excluding hydrogens is 439 g/mol. The lowest BCUT2D eigenvalue weighted by Gasteiger charge is -2.10. The van der Waals surface area contributed by atoms with E-state index >= 15 is 0 Å². The zero-order valence-corrected chi connectivity index (χ0v) is 21.7. The third-order valence-corrected chi connectivity index (χ3v) is 7.06. The molecule has 0 radical (unpaired) electrons. The fraction of sp³-hybridized carbons (Fsp3) is 0.667. The van der Waals surface area contributed by atoms with Crippen LogP contribution in [0, 0.1) is 5.92 Å². The molecule has 0 aliphatic heterocycles. The lowest BCUT2D eigenvalue weighted by molar-refractivity contribution is 0.223. The van der Waals surface area contributed by atoms with Crippen molar-refractivity contribution in [2.45, 2.75) is 109 Å². The van der Waals surface area contributed by atoms with Crippen LogP contribution in [0.25, 0.3) is 11.4 Å². The Kier molecular flexibility index (Phi) is 12.9. The van der Waals surface area contributed by atoms with Crippen LogP contribution >= 0.6 is 0 Å². The molecule has 4 nitrogen and oxygen atoms in total. The Hall–Kier alpha value is -2.17. The van der Waals surface area contributed by atoms with E-state index in [1.807, 2.05) is 24.3 Å². The first kappa shape index (κ1) is 27.4. The number of hydrogen-bond acceptors (Lipinski definition) is 4. The van der Waals surface area contributed by atoms with E-state index in [9.17, 15) is 4.39 Å². The molecule has 1 heterocycles. The molecule has 3 rings (SSSR count). The number of hydrogen-bond donors (Lipinski definition) is 0. The Morgan fingerprint density at radius 2 is 1.49 bits per heavy atom. The van der Waals surface area contributed by atoms with Crippen LogP contribution in [0.5, 0.6) is 11.5 Å². The highest BCUT2D eigenvalue weighted by Crippen LogP contribution is 2.29. The molecule has 1 unspecified atom stereocenters. The van der Waals surface area contributed by atoms with Crippen molar-refractivity contribution in [3.8, 4) is 22.9 Å². The van der Waals surface area contributed by atoms with E-state index in [1.165, 1.54) is 57.8 Å². The summed E-state index contributed by atoms with van der Waals surface area (Å²) in [5.74, 6) is 3.14. The average Bonchev–Trinajstić information content (AvgIpc) is 3.40. The fourth-order valence-electron chi connectivity index (χ4n) is 4.86. The van der Waals surface area contributed by atoms with Gasteiger partial charge in [-0.3, -0.25) is 0 Å². The Morgan fingerprint density at radius 1 is 0.800 bits per heavy atom. The molecule has 0 spiro atoms. The standard InChI is InChI=1S/C30H45FN2O2/c1-2-3-7-15-27(31)20-22-35-28-18-16-26(17-19-28)30-32-23-29(24-33-30)34-21-11-6-4-5-8-12-25-13-9-10-14-25/h16-19,23-25,27H,2-15,20-22H2,1H3. The van der Waals surface area contributed by atoms with E-state index in [4.69, 9.17) is 9.47 Å². The van der Waals surface area contributed by atoms with Crippen molar-refractivity contribution in [1.82, 2.24) is 9.97 Å². The van der Waals surface area contributed by atoms with Gasteiger partial charge in [0.25, 0.3) is 0 Å². The van der Waals surface area contributed by atoms with Crippen LogP contribution in [-0.2, 0) is 0 Å². The van der Waals surface area contributed by atoms with Gasteiger partial charge in [0.15, 0.2) is 11.6 Å². The second-order valence-corrected chi connectivity index (χ2v) is 10.1. The molecule has 1 aromatic carbocycles. The second kappa shape index (κ2) is 16.5. The molecule has 1 saturated carbocycles. The van der Waals surface area contributed by atoms with E-state index in [1.54, 1.807) is 12.4 Å². The topological polar surface area (TPSA) is 44.2 Å². The first-order chi connectivity index (χ1) is 17.2. The average molecular weight is 485 g/mol. The Labute approximate surface area is 212 Å². The monoisotopic (exact) mass is 484 g/mol. The summed E-state index contributed by atoms with van der Waals surface area (Å²) in [6, 6.07) is 7.65. The lowest BCUT2D eigenvalue weighted by atomic mass is 9.99. The van der Waals surface area contributed by atoms with Gasteiger partial charge in [0.1, 0.15) is 11.9 Å². The summed E-state index contributed by atoms with van der Waals surface area (Å²) in [7, 11) is 0. The van der Waals surface area contributed by atoms with Crippen molar-refractivity contribution >= 4 is 0 Å². The van der Waals surface area contributed by atoms with E-state index in [0.717, 1.165) is 55.3 Å². The molecule has 1 aliphatic rings. The minimum Gasteiger partial charge on any atom is -0.493 e. The molecule has 0 amide bonds. The molecule has 2 aromatic rings. The van der Waals surface area contributed by atoms with E-state index in [0.29, 0.717) is 25.3 Å². The quantitative estimate of drug-likeness (QED) is 0.198. The molecule has 0 bridgehead atoms. The van der Waals surface area contributed by atoms with Crippen LogP contribution < -0.4 is 9.47 Å². The smallest absolute Gasteiger partial charge is 0.159 e. The number of aromatic nitrogens is 2. The summed E-state index contributed by atoms with van der Waals surface area (Å²) in [4.78, 5) is 8.90. The molecule has 5 heteroatoms. The van der Waals surface area contributed by atoms with E-state index < -0.39 is 6.17 Å². The maximum Gasteiger partial charge on any atom is 0.159 e. The molecule has 194 valence electrons. The van der Waals surface area contributed by atoms with Gasteiger partial charge in [-0.1, -0.05) is 84.0 Å². The van der Waals surface area contributed by atoms with Crippen molar-refractivity contribution in [3.63, 3.8) is 0 Å². The highest BCUT2D eigenvalue weighted by molar-refractivity contribution is 5.56. The van der Waals surface area contributed by atoms with Gasteiger partial charge in [0, 0.05) is 12.0 Å². The lowest BCUT2D eigenvalue weighted by Crippen LogP contribution is -2.07. The van der Waals surface area contributed by atoms with E-state index in [-0.39, 0.29) is 0 Å². The Bertz CT molecular complexity index is 791. The van der Waals surface area contributed by atoms with Gasteiger partial charge < -0.3 is 9.47 Å². The van der Waals surface area contributed by atoms with Crippen LogP contribution in [-0.4, -0.2) is 29.4 Å². The van der Waals surface area contributed by atoms with Crippen molar-refractivity contribution in [1.29, 1.82) is 0 Å². The third-order valence-electron chi connectivity index (χ3n) is 7.06. The fourth-order valence-corrected chi connectivity index (χ4v) is 4.86. The third kappa shape index (κ3) is 11.0. The largest absolute Gasteiger partial charge is 0.493 e. The summed E-state index contributed by atoms with van der Waals surface area (Å²) >= 11 is 0. The van der Waals surface area contributed by atoms with Crippen LogP contribution in [0.1, 0.15) is 103 Å². The molecule has 1 aliphatic carbocycles. The molecular formula is C30H45FN2O2. The Morgan fingerprint density at radius 3 is 2.23 bits per heavy atom. The molecule has 1 aromatic heterocycles. The normalized spacial score (nSPS) is 14.8. The summed E-state index contributed by atoms with van der Waals surface area (Å²) in [6.45, 7) is 3.25. The first-order valence-corrected chi connectivity index (χ1v) is 14.1. The Balaban J connectivity index is 1.27. The van der Waals surface area contributed by atoms with Crippen molar-refractivity contribution in [2.75, 3.05) is 13.2 Å². The summed E-state index contributed by atoms with van der Waals surface area (Å²) in [5.41, 5.74) is 0.921. The maximum absolute atomic E-state index is 13.8. The van der Waals surface area contributed by atoms with Crippen LogP contribution in [0.2, 0.25) is 0 Å². The highest BCUT2D eigenvalue weighted by atomic mass is 19.1. The van der Waals surface area contributed by atoms with Crippen molar-refractivity contribution in [3.05, 3.63) is 36.7 Å². The molecule has 1 fully saturated rings. The minimum atomic E-state index is -0.777. The minimum absolute atomic E-state index is 0.398. The van der Waals surface area contributed by atoms with Gasteiger partial charge in [-0.25, -0.2) is 14.4 Å². The van der Waals surface area contributed by atoms with Crippen LogP contribution in [0.4, 0.5) is 4.39 Å². The SMILES string of the molecule is CCCCCC(F)CCOc1ccc(-c2ncc(OCCCCCCCC3CCCC3)cn2)cc1.